The molecular formula is C14H16N4O2. The van der Waals surface area contributed by atoms with Gasteiger partial charge in [0.05, 0.1) is 24.0 Å². The number of hydrogen-bond acceptors (Lipinski definition) is 5. The molecule has 0 atom stereocenters. The molecule has 0 saturated heterocycles. The molecule has 2 aromatic rings. The van der Waals surface area contributed by atoms with Gasteiger partial charge in [-0.15, -0.1) is 0 Å². The lowest BCUT2D eigenvalue weighted by Crippen LogP contribution is -2.15. The molecule has 0 aliphatic carbocycles. The van der Waals surface area contributed by atoms with Gasteiger partial charge >= 0.3 is 0 Å². The summed E-state index contributed by atoms with van der Waals surface area (Å²) in [6.07, 6.45) is 1.69. The fraction of sp³-hybridized carbons (Fsp3) is 0.143. The van der Waals surface area contributed by atoms with Gasteiger partial charge in [-0.3, -0.25) is 4.79 Å². The van der Waals surface area contributed by atoms with Gasteiger partial charge < -0.3 is 21.5 Å². The molecule has 1 heterocycles. The smallest absolute Gasteiger partial charge is 0.250 e. The van der Waals surface area contributed by atoms with Crippen molar-refractivity contribution in [2.24, 2.45) is 5.73 Å². The molecule has 0 saturated carbocycles. The number of nitrogens with one attached hydrogen (secondary N) is 1. The van der Waals surface area contributed by atoms with E-state index >= 15 is 0 Å². The van der Waals surface area contributed by atoms with Crippen molar-refractivity contribution >= 4 is 17.3 Å². The van der Waals surface area contributed by atoms with E-state index in [1.54, 1.807) is 37.6 Å². The minimum absolute atomic E-state index is 0.367. The van der Waals surface area contributed by atoms with Crippen molar-refractivity contribution in [2.75, 3.05) is 18.2 Å². The number of nitrogen functional groups attached to an aromatic ring is 1. The average molecular weight is 272 g/mol. The highest BCUT2D eigenvalue weighted by Crippen LogP contribution is 2.23. The van der Waals surface area contributed by atoms with Gasteiger partial charge in [-0.2, -0.15) is 0 Å². The van der Waals surface area contributed by atoms with Crippen molar-refractivity contribution < 1.29 is 9.53 Å². The van der Waals surface area contributed by atoms with E-state index in [4.69, 9.17) is 16.2 Å². The Labute approximate surface area is 116 Å². The molecule has 5 N–H and O–H groups in total. The largest absolute Gasteiger partial charge is 0.481 e. The predicted molar refractivity (Wildman–Crippen MR) is 77.5 cm³/mol. The summed E-state index contributed by atoms with van der Waals surface area (Å²) in [5.74, 6) is 0.0263. The number of anilines is 2. The van der Waals surface area contributed by atoms with Crippen molar-refractivity contribution in [2.45, 2.75) is 6.54 Å². The Balaban J connectivity index is 2.16. The molecule has 6 heteroatoms. The quantitative estimate of drug-likeness (QED) is 0.713. The summed E-state index contributed by atoms with van der Waals surface area (Å²) in [6.45, 7) is 0.478. The topological polar surface area (TPSA) is 103 Å². The highest BCUT2D eigenvalue weighted by atomic mass is 16.5. The fourth-order valence-electron chi connectivity index (χ4n) is 1.80. The lowest BCUT2D eigenvalue weighted by molar-refractivity contribution is 0.100. The third-order valence-electron chi connectivity index (χ3n) is 2.84. The minimum atomic E-state index is -0.521. The van der Waals surface area contributed by atoms with E-state index in [1.807, 2.05) is 6.07 Å². The zero-order valence-corrected chi connectivity index (χ0v) is 11.1. The van der Waals surface area contributed by atoms with Crippen LogP contribution in [-0.4, -0.2) is 18.0 Å². The Bertz CT molecular complexity index is 611. The summed E-state index contributed by atoms with van der Waals surface area (Å²) < 4.78 is 4.99. The van der Waals surface area contributed by atoms with Gasteiger partial charge in [0, 0.05) is 18.8 Å². The van der Waals surface area contributed by atoms with E-state index < -0.39 is 5.91 Å². The molecular weight excluding hydrogens is 256 g/mol. The van der Waals surface area contributed by atoms with E-state index in [-0.39, 0.29) is 0 Å². The number of aromatic nitrogens is 1. The Morgan fingerprint density at radius 1 is 1.35 bits per heavy atom. The number of methoxy groups -OCH3 is 1. The summed E-state index contributed by atoms with van der Waals surface area (Å²) in [5, 5.41) is 3.11. The van der Waals surface area contributed by atoms with E-state index in [1.165, 1.54) is 0 Å². The van der Waals surface area contributed by atoms with Crippen LogP contribution in [0.1, 0.15) is 15.9 Å². The molecule has 6 nitrogen and oxygen atoms in total. The highest BCUT2D eigenvalue weighted by molar-refractivity contribution is 6.01. The van der Waals surface area contributed by atoms with Gasteiger partial charge in [-0.05, 0) is 17.7 Å². The van der Waals surface area contributed by atoms with Gasteiger partial charge in [0.25, 0.3) is 5.91 Å². The van der Waals surface area contributed by atoms with Crippen LogP contribution in [0.3, 0.4) is 0 Å². The zero-order chi connectivity index (χ0) is 14.5. The Kier molecular flexibility index (Phi) is 4.05. The molecule has 104 valence electrons. The van der Waals surface area contributed by atoms with Crippen LogP contribution in [0, 0.1) is 0 Å². The second-order valence-electron chi connectivity index (χ2n) is 4.20. The lowest BCUT2D eigenvalue weighted by Gasteiger charge is -2.12. The second kappa shape index (κ2) is 5.92. The van der Waals surface area contributed by atoms with Crippen molar-refractivity contribution in [1.29, 1.82) is 0 Å². The monoisotopic (exact) mass is 272 g/mol. The van der Waals surface area contributed by atoms with Crippen LogP contribution in [0.4, 0.5) is 11.4 Å². The van der Waals surface area contributed by atoms with Gasteiger partial charge in [-0.1, -0.05) is 12.1 Å². The Morgan fingerprint density at radius 3 is 2.75 bits per heavy atom. The third kappa shape index (κ3) is 2.97. The van der Waals surface area contributed by atoms with Gasteiger partial charge in [0.2, 0.25) is 5.88 Å². The van der Waals surface area contributed by atoms with E-state index in [9.17, 15) is 4.79 Å². The van der Waals surface area contributed by atoms with Crippen LogP contribution in [-0.2, 0) is 6.54 Å². The van der Waals surface area contributed by atoms with Crippen LogP contribution in [0.15, 0.2) is 36.5 Å². The summed E-state index contributed by atoms with van der Waals surface area (Å²) in [4.78, 5) is 15.5. The number of hydrogen-bond donors (Lipinski definition) is 3. The molecule has 0 bridgehead atoms. The number of carbonyl (C=O) groups is 1. The van der Waals surface area contributed by atoms with Crippen LogP contribution in [0.25, 0.3) is 0 Å². The van der Waals surface area contributed by atoms with Crippen LogP contribution >= 0.6 is 0 Å². The molecule has 2 rings (SSSR count). The molecule has 0 fully saturated rings. The van der Waals surface area contributed by atoms with Crippen molar-refractivity contribution in [3.8, 4) is 5.88 Å². The van der Waals surface area contributed by atoms with Gasteiger partial charge in [-0.25, -0.2) is 4.98 Å². The summed E-state index contributed by atoms with van der Waals surface area (Å²) in [7, 11) is 1.56. The average Bonchev–Trinajstić information content (AvgIpc) is 2.46. The standard InChI is InChI=1S/C14H16N4O2/c1-20-12-6-5-9(7-17-12)8-18-13-10(14(16)19)3-2-4-11(13)15/h2-7,18H,8,15H2,1H3,(H2,16,19). The van der Waals surface area contributed by atoms with Gasteiger partial charge in [0.15, 0.2) is 0 Å². The second-order valence-corrected chi connectivity index (χ2v) is 4.20. The normalized spacial score (nSPS) is 10.1. The Morgan fingerprint density at radius 2 is 2.15 bits per heavy atom. The lowest BCUT2D eigenvalue weighted by atomic mass is 10.1. The first kappa shape index (κ1) is 13.7. The molecule has 20 heavy (non-hydrogen) atoms. The molecule has 0 aliphatic heterocycles. The molecule has 0 radical (unpaired) electrons. The van der Waals surface area contributed by atoms with E-state index in [2.05, 4.69) is 10.3 Å². The molecule has 0 aliphatic rings. The number of nitrogens with zero attached hydrogens (tertiary/aromatic N) is 1. The maximum atomic E-state index is 11.4. The highest BCUT2D eigenvalue weighted by Gasteiger charge is 2.10. The number of primary amides is 1. The van der Waals surface area contributed by atoms with Crippen molar-refractivity contribution in [3.05, 3.63) is 47.7 Å². The Hall–Kier alpha value is -2.76. The third-order valence-corrected chi connectivity index (χ3v) is 2.84. The molecule has 1 amide bonds. The number of benzene rings is 1. The molecule has 1 aromatic carbocycles. The summed E-state index contributed by atoms with van der Waals surface area (Å²) >= 11 is 0. The first-order valence-corrected chi connectivity index (χ1v) is 6.03. The minimum Gasteiger partial charge on any atom is -0.481 e. The van der Waals surface area contributed by atoms with Crippen LogP contribution in [0.5, 0.6) is 5.88 Å². The van der Waals surface area contributed by atoms with Crippen LogP contribution < -0.4 is 21.5 Å². The number of carbonyl (C=O) groups excluding carboxylic acids is 1. The maximum Gasteiger partial charge on any atom is 0.250 e. The number of rotatable bonds is 5. The predicted octanol–water partition coefficient (Wildman–Crippen LogP) is 1.38. The van der Waals surface area contributed by atoms with E-state index in [0.29, 0.717) is 29.4 Å². The number of para-hydroxylation sites is 1. The first-order chi connectivity index (χ1) is 9.61. The van der Waals surface area contributed by atoms with E-state index in [0.717, 1.165) is 5.56 Å². The first-order valence-electron chi connectivity index (χ1n) is 6.03. The molecule has 0 spiro atoms. The van der Waals surface area contributed by atoms with Gasteiger partial charge in [0.1, 0.15) is 0 Å². The van der Waals surface area contributed by atoms with Crippen LogP contribution in [0.2, 0.25) is 0 Å². The van der Waals surface area contributed by atoms with Crippen molar-refractivity contribution in [1.82, 2.24) is 4.98 Å². The molecule has 0 unspecified atom stereocenters. The number of nitrogens with two attached hydrogens (primary N) is 2. The zero-order valence-electron chi connectivity index (χ0n) is 11.1. The SMILES string of the molecule is COc1ccc(CNc2c(N)cccc2C(N)=O)cn1. The maximum absolute atomic E-state index is 11.4. The number of ether oxygens (including phenoxy) is 1. The van der Waals surface area contributed by atoms with Crippen molar-refractivity contribution in [3.63, 3.8) is 0 Å². The summed E-state index contributed by atoms with van der Waals surface area (Å²) in [5.41, 5.74) is 13.5. The number of pyridine rings is 1. The number of amides is 1. The fourth-order valence-corrected chi connectivity index (χ4v) is 1.80. The molecule has 1 aromatic heterocycles. The summed E-state index contributed by atoms with van der Waals surface area (Å²) in [6, 6.07) is 8.67.